The lowest BCUT2D eigenvalue weighted by molar-refractivity contribution is 0.0131. The highest BCUT2D eigenvalue weighted by atomic mass is 16.5. The highest BCUT2D eigenvalue weighted by Gasteiger charge is 2.25. The average Bonchev–Trinajstić information content (AvgIpc) is 3.34. The Hall–Kier alpha value is -2.18. The second-order valence-electron chi connectivity index (χ2n) is 7.22. The Morgan fingerprint density at radius 2 is 2.00 bits per heavy atom. The number of anilines is 1. The first-order valence-corrected chi connectivity index (χ1v) is 9.45. The molecule has 0 N–H and O–H groups in total. The van der Waals surface area contributed by atoms with Crippen molar-refractivity contribution in [2.24, 2.45) is 5.92 Å². The van der Waals surface area contributed by atoms with Crippen molar-refractivity contribution in [1.82, 2.24) is 9.97 Å². The molecular formula is C20H23N3O3. The number of hydrogen-bond donors (Lipinski definition) is 0. The zero-order chi connectivity index (χ0) is 17.3. The van der Waals surface area contributed by atoms with Crippen molar-refractivity contribution in [2.45, 2.75) is 25.4 Å². The van der Waals surface area contributed by atoms with Crippen molar-refractivity contribution in [3.8, 4) is 0 Å². The summed E-state index contributed by atoms with van der Waals surface area (Å²) < 4.78 is 17.6. The van der Waals surface area contributed by atoms with Gasteiger partial charge in [-0.05, 0) is 31.4 Å². The van der Waals surface area contributed by atoms with E-state index < -0.39 is 0 Å². The van der Waals surface area contributed by atoms with E-state index in [0.29, 0.717) is 12.0 Å². The molecule has 0 bridgehead atoms. The summed E-state index contributed by atoms with van der Waals surface area (Å²) in [6.45, 7) is 4.41. The fraction of sp³-hybridized carbons (Fsp3) is 0.500. The molecule has 2 fully saturated rings. The minimum atomic E-state index is 0.333. The summed E-state index contributed by atoms with van der Waals surface area (Å²) in [6.07, 6.45) is 5.13. The molecule has 0 amide bonds. The highest BCUT2D eigenvalue weighted by molar-refractivity contribution is 6.05. The van der Waals surface area contributed by atoms with Crippen LogP contribution in [0.25, 0.3) is 22.1 Å². The molecule has 2 saturated heterocycles. The van der Waals surface area contributed by atoms with E-state index in [4.69, 9.17) is 13.9 Å². The van der Waals surface area contributed by atoms with Gasteiger partial charge < -0.3 is 18.8 Å². The van der Waals surface area contributed by atoms with Gasteiger partial charge >= 0.3 is 0 Å². The molecule has 0 aliphatic carbocycles. The summed E-state index contributed by atoms with van der Waals surface area (Å²) in [7, 11) is 0. The third kappa shape index (κ3) is 2.93. The summed E-state index contributed by atoms with van der Waals surface area (Å²) in [5.74, 6) is 1.47. The molecule has 0 saturated carbocycles. The van der Waals surface area contributed by atoms with Crippen molar-refractivity contribution in [1.29, 1.82) is 0 Å². The Morgan fingerprint density at radius 3 is 2.85 bits per heavy atom. The number of para-hydroxylation sites is 1. The van der Waals surface area contributed by atoms with Gasteiger partial charge in [-0.2, -0.15) is 0 Å². The molecule has 0 radical (unpaired) electrons. The highest BCUT2D eigenvalue weighted by Crippen LogP contribution is 2.33. The third-order valence-electron chi connectivity index (χ3n) is 5.47. The lowest BCUT2D eigenvalue weighted by Gasteiger charge is -2.32. The second-order valence-corrected chi connectivity index (χ2v) is 7.22. The van der Waals surface area contributed by atoms with E-state index in [-0.39, 0.29) is 0 Å². The van der Waals surface area contributed by atoms with Gasteiger partial charge in [-0.3, -0.25) is 0 Å². The van der Waals surface area contributed by atoms with E-state index in [9.17, 15) is 0 Å². The fourth-order valence-corrected chi connectivity index (χ4v) is 3.96. The van der Waals surface area contributed by atoms with Crippen molar-refractivity contribution < 1.29 is 13.9 Å². The molecule has 136 valence electrons. The van der Waals surface area contributed by atoms with Crippen LogP contribution in [0, 0.1) is 5.92 Å². The Balaban J connectivity index is 1.30. The van der Waals surface area contributed by atoms with Crippen molar-refractivity contribution in [3.63, 3.8) is 0 Å². The lowest BCUT2D eigenvalue weighted by atomic mass is 10.1. The van der Waals surface area contributed by atoms with Gasteiger partial charge in [0, 0.05) is 31.0 Å². The van der Waals surface area contributed by atoms with Crippen LogP contribution in [0.4, 0.5) is 5.82 Å². The molecule has 5 rings (SSSR count). The Labute approximate surface area is 152 Å². The number of nitrogens with zero attached hydrogens (tertiary/aromatic N) is 3. The second kappa shape index (κ2) is 6.85. The van der Waals surface area contributed by atoms with Crippen LogP contribution in [0.1, 0.15) is 19.3 Å². The number of hydrogen-bond acceptors (Lipinski definition) is 6. The fourth-order valence-electron chi connectivity index (χ4n) is 3.96. The molecule has 6 heteroatoms. The van der Waals surface area contributed by atoms with Crippen LogP contribution in [0.15, 0.2) is 35.0 Å². The summed E-state index contributed by atoms with van der Waals surface area (Å²) in [4.78, 5) is 11.3. The summed E-state index contributed by atoms with van der Waals surface area (Å²) >= 11 is 0. The molecule has 1 aromatic carbocycles. The van der Waals surface area contributed by atoms with Gasteiger partial charge in [0.2, 0.25) is 0 Å². The number of aromatic nitrogens is 2. The molecule has 2 aromatic heterocycles. The molecule has 4 heterocycles. The quantitative estimate of drug-likeness (QED) is 0.716. The van der Waals surface area contributed by atoms with Gasteiger partial charge in [0.1, 0.15) is 17.4 Å². The molecule has 26 heavy (non-hydrogen) atoms. The Kier molecular flexibility index (Phi) is 4.22. The van der Waals surface area contributed by atoms with Crippen LogP contribution in [0.3, 0.4) is 0 Å². The maximum absolute atomic E-state index is 6.12. The molecule has 1 unspecified atom stereocenters. The van der Waals surface area contributed by atoms with Crippen LogP contribution in [-0.4, -0.2) is 49.0 Å². The van der Waals surface area contributed by atoms with Gasteiger partial charge in [0.05, 0.1) is 19.3 Å². The minimum absolute atomic E-state index is 0.333. The summed E-state index contributed by atoms with van der Waals surface area (Å²) in [5.41, 5.74) is 2.54. The van der Waals surface area contributed by atoms with Gasteiger partial charge in [-0.1, -0.05) is 12.1 Å². The van der Waals surface area contributed by atoms with Crippen molar-refractivity contribution in [2.75, 3.05) is 37.8 Å². The monoisotopic (exact) mass is 353 g/mol. The molecule has 2 aliphatic heterocycles. The standard InChI is InChI=1S/C20H23N3O3/c1-2-4-17-16(3-1)18-19(26-17)20(22-13-21-18)23-8-5-15(6-9-23)25-12-14-7-10-24-11-14/h1-4,13-15H,5-12H2. The largest absolute Gasteiger partial charge is 0.450 e. The predicted octanol–water partition coefficient (Wildman–Crippen LogP) is 3.40. The number of rotatable bonds is 4. The molecule has 1 atom stereocenters. The molecular weight excluding hydrogens is 330 g/mol. The van der Waals surface area contributed by atoms with E-state index in [2.05, 4.69) is 14.9 Å². The first-order valence-electron chi connectivity index (χ1n) is 9.45. The van der Waals surface area contributed by atoms with E-state index >= 15 is 0 Å². The summed E-state index contributed by atoms with van der Waals surface area (Å²) in [6, 6.07) is 8.02. The Bertz CT molecular complexity index is 896. The molecule has 3 aromatic rings. The zero-order valence-corrected chi connectivity index (χ0v) is 14.8. The van der Waals surface area contributed by atoms with Gasteiger partial charge in [0.15, 0.2) is 11.4 Å². The molecule has 2 aliphatic rings. The maximum Gasteiger partial charge on any atom is 0.196 e. The number of ether oxygens (including phenoxy) is 2. The SMILES string of the molecule is c1ccc2c(c1)oc1c(N3CCC(OCC4CCOC4)CC3)ncnc12. The first-order chi connectivity index (χ1) is 12.9. The first kappa shape index (κ1) is 16.0. The van der Waals surface area contributed by atoms with Crippen LogP contribution >= 0.6 is 0 Å². The van der Waals surface area contributed by atoms with Crippen molar-refractivity contribution >= 4 is 27.9 Å². The number of piperidine rings is 1. The average molecular weight is 353 g/mol. The third-order valence-corrected chi connectivity index (χ3v) is 5.47. The van der Waals surface area contributed by atoms with Crippen LogP contribution < -0.4 is 4.90 Å². The molecule has 0 spiro atoms. The number of benzene rings is 1. The smallest absolute Gasteiger partial charge is 0.196 e. The van der Waals surface area contributed by atoms with Gasteiger partial charge in [-0.15, -0.1) is 0 Å². The van der Waals surface area contributed by atoms with Crippen LogP contribution in [0.5, 0.6) is 0 Å². The van der Waals surface area contributed by atoms with Crippen molar-refractivity contribution in [3.05, 3.63) is 30.6 Å². The zero-order valence-electron chi connectivity index (χ0n) is 14.8. The topological polar surface area (TPSA) is 60.6 Å². The summed E-state index contributed by atoms with van der Waals surface area (Å²) in [5, 5.41) is 1.04. The Morgan fingerprint density at radius 1 is 1.12 bits per heavy atom. The lowest BCUT2D eigenvalue weighted by Crippen LogP contribution is -2.38. The maximum atomic E-state index is 6.12. The van der Waals surface area contributed by atoms with E-state index in [1.807, 2.05) is 24.3 Å². The van der Waals surface area contributed by atoms with Gasteiger partial charge in [0.25, 0.3) is 0 Å². The van der Waals surface area contributed by atoms with E-state index in [1.54, 1.807) is 6.33 Å². The van der Waals surface area contributed by atoms with Crippen LogP contribution in [0.2, 0.25) is 0 Å². The number of furan rings is 1. The van der Waals surface area contributed by atoms with Crippen LogP contribution in [-0.2, 0) is 9.47 Å². The van der Waals surface area contributed by atoms with Gasteiger partial charge in [-0.25, -0.2) is 9.97 Å². The van der Waals surface area contributed by atoms with E-state index in [0.717, 1.165) is 80.1 Å². The predicted molar refractivity (Wildman–Crippen MR) is 99.4 cm³/mol. The normalized spacial score (nSPS) is 21.8. The molecule has 6 nitrogen and oxygen atoms in total. The minimum Gasteiger partial charge on any atom is -0.450 e. The number of fused-ring (bicyclic) bond motifs is 3. The van der Waals surface area contributed by atoms with E-state index in [1.165, 1.54) is 0 Å².